The molecule has 3 heterocycles. The molecule has 0 unspecified atom stereocenters. The van der Waals surface area contributed by atoms with Crippen molar-refractivity contribution in [3.8, 4) is 45.3 Å². The van der Waals surface area contributed by atoms with Crippen LogP contribution < -0.4 is 0 Å². The number of furan rings is 1. The fraction of sp³-hybridized carbons (Fsp3) is 0. The number of benzene rings is 6. The van der Waals surface area contributed by atoms with Crippen molar-refractivity contribution in [3.05, 3.63) is 127 Å². The lowest BCUT2D eigenvalue weighted by Gasteiger charge is -2.16. The Morgan fingerprint density at radius 3 is 1.71 bits per heavy atom. The lowest BCUT2D eigenvalue weighted by atomic mass is 9.93. The van der Waals surface area contributed by atoms with Crippen molar-refractivity contribution < 1.29 is 4.42 Å². The molecule has 0 saturated heterocycles. The average molecular weight is 556 g/mol. The van der Waals surface area contributed by atoms with E-state index in [-0.39, 0.29) is 0 Å². The summed E-state index contributed by atoms with van der Waals surface area (Å²) < 4.78 is 6.43. The van der Waals surface area contributed by atoms with Crippen molar-refractivity contribution in [3.63, 3.8) is 0 Å². The third kappa shape index (κ3) is 3.60. The summed E-state index contributed by atoms with van der Waals surface area (Å²) in [4.78, 5) is 17.3. The monoisotopic (exact) mass is 555 g/mol. The molecule has 0 amide bonds. The van der Waals surface area contributed by atoms with Crippen molar-refractivity contribution in [2.45, 2.75) is 9.79 Å². The Morgan fingerprint density at radius 2 is 1.00 bits per heavy atom. The first-order chi connectivity index (χ1) is 20.8. The number of hydrogen-bond acceptors (Lipinski definition) is 5. The van der Waals surface area contributed by atoms with E-state index in [0.29, 0.717) is 17.5 Å². The molecule has 8 aromatic rings. The van der Waals surface area contributed by atoms with Crippen LogP contribution in [0.2, 0.25) is 0 Å². The molecule has 6 aromatic carbocycles. The van der Waals surface area contributed by atoms with Crippen molar-refractivity contribution >= 4 is 44.5 Å². The largest absolute Gasteiger partial charge is 0.456 e. The molecule has 2 aromatic heterocycles. The molecule has 0 fully saturated rings. The first-order valence-electron chi connectivity index (χ1n) is 13.9. The van der Waals surface area contributed by atoms with Crippen LogP contribution in [-0.4, -0.2) is 15.0 Å². The summed E-state index contributed by atoms with van der Waals surface area (Å²) in [6.45, 7) is 0. The molecule has 0 bridgehead atoms. The second-order valence-corrected chi connectivity index (χ2v) is 11.5. The molecule has 42 heavy (non-hydrogen) atoms. The van der Waals surface area contributed by atoms with Gasteiger partial charge in [-0.15, -0.1) is 0 Å². The average Bonchev–Trinajstić information content (AvgIpc) is 3.45. The third-order valence-corrected chi connectivity index (χ3v) is 9.02. The Balaban J connectivity index is 1.26. The molecule has 1 aliphatic rings. The van der Waals surface area contributed by atoms with E-state index < -0.39 is 0 Å². The van der Waals surface area contributed by atoms with Crippen molar-refractivity contribution in [1.29, 1.82) is 0 Å². The molecular formula is C37H21N3OS. The normalized spacial score (nSPS) is 12.2. The maximum atomic E-state index is 6.43. The van der Waals surface area contributed by atoms with Crippen LogP contribution >= 0.6 is 11.8 Å². The zero-order valence-corrected chi connectivity index (χ0v) is 23.1. The second-order valence-electron chi connectivity index (χ2n) is 10.4. The lowest BCUT2D eigenvalue weighted by Crippen LogP contribution is -2.00. The number of hydrogen-bond donors (Lipinski definition) is 0. The number of aromatic nitrogens is 3. The summed E-state index contributed by atoms with van der Waals surface area (Å²) in [6.07, 6.45) is 0. The van der Waals surface area contributed by atoms with Crippen molar-refractivity contribution in [2.24, 2.45) is 0 Å². The molecule has 9 rings (SSSR count). The zero-order valence-electron chi connectivity index (χ0n) is 22.3. The molecule has 0 atom stereocenters. The molecule has 1 aliphatic heterocycles. The van der Waals surface area contributed by atoms with Gasteiger partial charge in [-0.3, -0.25) is 0 Å². The molecule has 5 heteroatoms. The van der Waals surface area contributed by atoms with Crippen LogP contribution in [0.1, 0.15) is 0 Å². The van der Waals surface area contributed by atoms with Crippen LogP contribution in [0.15, 0.2) is 142 Å². The first kappa shape index (κ1) is 23.4. The van der Waals surface area contributed by atoms with Gasteiger partial charge >= 0.3 is 0 Å². The topological polar surface area (TPSA) is 51.8 Å². The van der Waals surface area contributed by atoms with Gasteiger partial charge in [-0.2, -0.15) is 0 Å². The SMILES string of the molecule is c1ccc(-c2nc(-c3ccccc3)nc(-c3cccc(-c4cc5oc6cccc7c6c5c5c(cccc45)S7)c3)n2)cc1. The van der Waals surface area contributed by atoms with Gasteiger partial charge in [0.2, 0.25) is 0 Å². The summed E-state index contributed by atoms with van der Waals surface area (Å²) in [5, 5.41) is 4.90. The van der Waals surface area contributed by atoms with Gasteiger partial charge in [-0.25, -0.2) is 15.0 Å². The quantitative estimate of drug-likeness (QED) is 0.216. The predicted octanol–water partition coefficient (Wildman–Crippen LogP) is 10.1. The zero-order chi connectivity index (χ0) is 27.6. The Kier molecular flexibility index (Phi) is 5.10. The highest BCUT2D eigenvalue weighted by Crippen LogP contribution is 2.51. The molecule has 0 spiro atoms. The van der Waals surface area contributed by atoms with Crippen molar-refractivity contribution in [2.75, 3.05) is 0 Å². The van der Waals surface area contributed by atoms with Crippen LogP contribution in [0, 0.1) is 0 Å². The van der Waals surface area contributed by atoms with E-state index in [4.69, 9.17) is 19.4 Å². The summed E-state index contributed by atoms with van der Waals surface area (Å²) in [7, 11) is 0. The molecule has 4 nitrogen and oxygen atoms in total. The Morgan fingerprint density at radius 1 is 0.429 bits per heavy atom. The maximum absolute atomic E-state index is 6.43. The molecular weight excluding hydrogens is 534 g/mol. The fourth-order valence-corrected chi connectivity index (χ4v) is 7.15. The molecule has 196 valence electrons. The van der Waals surface area contributed by atoms with Gasteiger partial charge in [0.1, 0.15) is 11.2 Å². The Labute approximate surface area is 245 Å². The van der Waals surface area contributed by atoms with Gasteiger partial charge in [0.15, 0.2) is 17.5 Å². The Bertz CT molecular complexity index is 2270. The van der Waals surface area contributed by atoms with E-state index in [1.54, 1.807) is 0 Å². The van der Waals surface area contributed by atoms with Gasteiger partial charge in [-0.05, 0) is 46.8 Å². The van der Waals surface area contributed by atoms with Crippen LogP contribution in [0.5, 0.6) is 0 Å². The second kappa shape index (κ2) is 9.13. The lowest BCUT2D eigenvalue weighted by molar-refractivity contribution is 0.669. The van der Waals surface area contributed by atoms with E-state index in [2.05, 4.69) is 66.7 Å². The summed E-state index contributed by atoms with van der Waals surface area (Å²) >= 11 is 1.82. The van der Waals surface area contributed by atoms with Gasteiger partial charge in [0.05, 0.1) is 0 Å². The number of nitrogens with zero attached hydrogens (tertiary/aromatic N) is 3. The van der Waals surface area contributed by atoms with E-state index in [9.17, 15) is 0 Å². The maximum Gasteiger partial charge on any atom is 0.164 e. The van der Waals surface area contributed by atoms with E-state index >= 15 is 0 Å². The van der Waals surface area contributed by atoms with Gasteiger partial charge in [0.25, 0.3) is 0 Å². The van der Waals surface area contributed by atoms with E-state index in [1.165, 1.54) is 31.3 Å². The minimum atomic E-state index is 0.640. The molecule has 0 aliphatic carbocycles. The minimum absolute atomic E-state index is 0.640. The summed E-state index contributed by atoms with van der Waals surface area (Å²) in [5.74, 6) is 1.94. The summed E-state index contributed by atoms with van der Waals surface area (Å²) in [6, 6.07) is 43.7. The number of rotatable bonds is 4. The standard InChI is InChI=1S/C37H21N3OS/c1-3-10-22(11-4-1)35-38-36(23-12-5-2-6-13-23)40-37(39-35)25-15-7-14-24(20-25)27-21-29-34-32-26(27)16-8-18-30(32)42-31-19-9-17-28(41-29)33(31)34/h1-21H. The van der Waals surface area contributed by atoms with Crippen molar-refractivity contribution in [1.82, 2.24) is 15.0 Å². The predicted molar refractivity (Wildman–Crippen MR) is 170 cm³/mol. The smallest absolute Gasteiger partial charge is 0.164 e. The molecule has 0 saturated carbocycles. The highest BCUT2D eigenvalue weighted by atomic mass is 32.2. The molecule has 0 N–H and O–H groups in total. The fourth-order valence-electron chi connectivity index (χ4n) is 6.00. The third-order valence-electron chi connectivity index (χ3n) is 7.90. The van der Waals surface area contributed by atoms with Crippen LogP contribution in [0.3, 0.4) is 0 Å². The first-order valence-corrected chi connectivity index (χ1v) is 14.7. The summed E-state index contributed by atoms with van der Waals surface area (Å²) in [5.41, 5.74) is 6.90. The van der Waals surface area contributed by atoms with Gasteiger partial charge in [0, 0.05) is 42.6 Å². The Hall–Kier alpha value is -5.26. The van der Waals surface area contributed by atoms with Crippen LogP contribution in [0.25, 0.3) is 78.0 Å². The van der Waals surface area contributed by atoms with E-state index in [0.717, 1.165) is 39.0 Å². The van der Waals surface area contributed by atoms with Gasteiger partial charge in [-0.1, -0.05) is 109 Å². The molecule has 0 radical (unpaired) electrons. The minimum Gasteiger partial charge on any atom is -0.456 e. The highest BCUT2D eigenvalue weighted by Gasteiger charge is 2.23. The van der Waals surface area contributed by atoms with Crippen LogP contribution in [-0.2, 0) is 0 Å². The van der Waals surface area contributed by atoms with Gasteiger partial charge < -0.3 is 4.42 Å². The van der Waals surface area contributed by atoms with E-state index in [1.807, 2.05) is 72.4 Å². The highest BCUT2D eigenvalue weighted by molar-refractivity contribution is 8.00. The van der Waals surface area contributed by atoms with Crippen LogP contribution in [0.4, 0.5) is 0 Å².